The molecular weight excluding hydrogens is 202 g/mol. The Bertz CT molecular complexity index is 352. The highest BCUT2D eigenvalue weighted by Gasteiger charge is 2.11. The van der Waals surface area contributed by atoms with Crippen molar-refractivity contribution in [1.29, 1.82) is 0 Å². The molecule has 0 radical (unpaired) electrons. The number of carbonyl (C=O) groups excluding carboxylic acids is 1. The molecule has 1 heterocycles. The topological polar surface area (TPSA) is 54.0 Å². The van der Waals surface area contributed by atoms with E-state index in [9.17, 15) is 4.79 Å². The van der Waals surface area contributed by atoms with Gasteiger partial charge in [-0.25, -0.2) is 4.98 Å². The van der Waals surface area contributed by atoms with Crippen molar-refractivity contribution < 1.29 is 4.79 Å². The van der Waals surface area contributed by atoms with E-state index in [1.54, 1.807) is 12.3 Å². The van der Waals surface area contributed by atoms with Gasteiger partial charge in [-0.15, -0.1) is 0 Å². The van der Waals surface area contributed by atoms with Crippen molar-refractivity contribution in [3.05, 3.63) is 23.9 Å². The number of nitrogens with zero attached hydrogens (tertiary/aromatic N) is 1. The normalized spacial score (nSPS) is 11.2. The number of aromatic nitrogens is 1. The van der Waals surface area contributed by atoms with Crippen LogP contribution >= 0.6 is 0 Å². The van der Waals surface area contributed by atoms with E-state index in [-0.39, 0.29) is 11.4 Å². The molecule has 0 fully saturated rings. The summed E-state index contributed by atoms with van der Waals surface area (Å²) in [5, 5.41) is 5.84. The maximum absolute atomic E-state index is 11.5. The van der Waals surface area contributed by atoms with Gasteiger partial charge in [0.05, 0.1) is 6.54 Å². The number of carbonyl (C=O) groups is 1. The number of pyridine rings is 1. The van der Waals surface area contributed by atoms with Gasteiger partial charge in [0.15, 0.2) is 0 Å². The molecule has 0 unspecified atom stereocenters. The lowest BCUT2D eigenvalue weighted by molar-refractivity contribution is -0.115. The van der Waals surface area contributed by atoms with Crippen molar-refractivity contribution in [3.8, 4) is 0 Å². The lowest BCUT2D eigenvalue weighted by Crippen LogP contribution is -2.41. The molecule has 0 aliphatic heterocycles. The first-order valence-corrected chi connectivity index (χ1v) is 5.34. The maximum Gasteiger partial charge on any atom is 0.239 e. The van der Waals surface area contributed by atoms with Gasteiger partial charge in [0.25, 0.3) is 0 Å². The number of rotatable bonds is 3. The van der Waals surface area contributed by atoms with Gasteiger partial charge in [-0.1, -0.05) is 6.07 Å². The van der Waals surface area contributed by atoms with Crippen molar-refractivity contribution in [1.82, 2.24) is 10.3 Å². The van der Waals surface area contributed by atoms with Gasteiger partial charge < -0.3 is 10.6 Å². The zero-order valence-corrected chi connectivity index (χ0v) is 10.3. The van der Waals surface area contributed by atoms with Crippen molar-refractivity contribution in [2.75, 3.05) is 11.9 Å². The molecule has 0 bridgehead atoms. The van der Waals surface area contributed by atoms with Crippen molar-refractivity contribution in [3.63, 3.8) is 0 Å². The second-order valence-corrected chi connectivity index (χ2v) is 4.87. The number of hydrogen-bond acceptors (Lipinski definition) is 3. The monoisotopic (exact) mass is 221 g/mol. The summed E-state index contributed by atoms with van der Waals surface area (Å²) in [7, 11) is 0. The first-order valence-electron chi connectivity index (χ1n) is 5.34. The fourth-order valence-corrected chi connectivity index (χ4v) is 1.07. The van der Waals surface area contributed by atoms with Crippen molar-refractivity contribution in [2.24, 2.45) is 0 Å². The zero-order chi connectivity index (χ0) is 12.2. The third-order valence-electron chi connectivity index (χ3n) is 1.96. The molecule has 4 nitrogen and oxygen atoms in total. The molecule has 16 heavy (non-hydrogen) atoms. The molecule has 0 spiro atoms. The quantitative estimate of drug-likeness (QED) is 0.817. The zero-order valence-electron chi connectivity index (χ0n) is 10.3. The molecule has 0 saturated heterocycles. The Kier molecular flexibility index (Phi) is 4.01. The van der Waals surface area contributed by atoms with Crippen LogP contribution in [-0.4, -0.2) is 23.0 Å². The van der Waals surface area contributed by atoms with Crippen LogP contribution in [0.1, 0.15) is 26.3 Å². The minimum atomic E-state index is -0.0775. The van der Waals surface area contributed by atoms with Crippen LogP contribution in [0.5, 0.6) is 0 Å². The van der Waals surface area contributed by atoms with Gasteiger partial charge in [0, 0.05) is 11.7 Å². The predicted octanol–water partition coefficient (Wildman–Crippen LogP) is 1.72. The van der Waals surface area contributed by atoms with E-state index in [0.29, 0.717) is 12.4 Å². The van der Waals surface area contributed by atoms with Gasteiger partial charge in [0.2, 0.25) is 5.91 Å². The Hall–Kier alpha value is -1.42. The van der Waals surface area contributed by atoms with Crippen LogP contribution in [0.4, 0.5) is 5.82 Å². The molecule has 4 heteroatoms. The Balaban J connectivity index is 2.43. The van der Waals surface area contributed by atoms with E-state index >= 15 is 0 Å². The molecule has 0 aliphatic rings. The molecule has 0 aliphatic carbocycles. The third kappa shape index (κ3) is 4.89. The minimum absolute atomic E-state index is 0.0575. The van der Waals surface area contributed by atoms with Gasteiger partial charge in [-0.2, -0.15) is 0 Å². The molecular formula is C12H19N3O. The number of hydrogen-bond donors (Lipinski definition) is 2. The second-order valence-electron chi connectivity index (χ2n) is 4.87. The Morgan fingerprint density at radius 2 is 2.06 bits per heavy atom. The predicted molar refractivity (Wildman–Crippen MR) is 65.4 cm³/mol. The summed E-state index contributed by atoms with van der Waals surface area (Å²) in [6.07, 6.45) is 1.73. The van der Waals surface area contributed by atoms with Gasteiger partial charge in [0.1, 0.15) is 5.82 Å². The van der Waals surface area contributed by atoms with E-state index in [1.165, 1.54) is 0 Å². The molecule has 1 aromatic heterocycles. The van der Waals surface area contributed by atoms with Gasteiger partial charge >= 0.3 is 0 Å². The fourth-order valence-electron chi connectivity index (χ4n) is 1.07. The lowest BCUT2D eigenvalue weighted by atomic mass is 10.1. The second kappa shape index (κ2) is 5.07. The van der Waals surface area contributed by atoms with E-state index in [1.807, 2.05) is 33.8 Å². The van der Waals surface area contributed by atoms with Crippen LogP contribution in [0.15, 0.2) is 18.3 Å². The maximum atomic E-state index is 11.5. The standard InChI is InChI=1S/C12H19N3O/c1-9-5-6-10(13-7-9)15-11(16)8-14-12(2,3)4/h5-7,14H,8H2,1-4H3,(H,13,15,16). The summed E-state index contributed by atoms with van der Waals surface area (Å²) >= 11 is 0. The highest BCUT2D eigenvalue weighted by molar-refractivity contribution is 5.91. The SMILES string of the molecule is Cc1ccc(NC(=O)CNC(C)(C)C)nc1. The van der Waals surface area contributed by atoms with E-state index < -0.39 is 0 Å². The van der Waals surface area contributed by atoms with Crippen LogP contribution in [0.25, 0.3) is 0 Å². The van der Waals surface area contributed by atoms with Crippen molar-refractivity contribution >= 4 is 11.7 Å². The molecule has 0 aromatic carbocycles. The smallest absolute Gasteiger partial charge is 0.239 e. The van der Waals surface area contributed by atoms with E-state index in [4.69, 9.17) is 0 Å². The first kappa shape index (κ1) is 12.6. The van der Waals surface area contributed by atoms with Crippen LogP contribution in [0.2, 0.25) is 0 Å². The fraction of sp³-hybridized carbons (Fsp3) is 0.500. The average Bonchev–Trinajstić information content (AvgIpc) is 2.18. The molecule has 1 amide bonds. The highest BCUT2D eigenvalue weighted by atomic mass is 16.2. The Morgan fingerprint density at radius 3 is 2.56 bits per heavy atom. The molecule has 0 saturated carbocycles. The van der Waals surface area contributed by atoms with Crippen LogP contribution in [-0.2, 0) is 4.79 Å². The number of nitrogens with one attached hydrogen (secondary N) is 2. The summed E-state index contributed by atoms with van der Waals surface area (Å²) in [4.78, 5) is 15.6. The third-order valence-corrected chi connectivity index (χ3v) is 1.96. The highest BCUT2D eigenvalue weighted by Crippen LogP contribution is 2.03. The van der Waals surface area contributed by atoms with Crippen LogP contribution < -0.4 is 10.6 Å². The van der Waals surface area contributed by atoms with Crippen molar-refractivity contribution in [2.45, 2.75) is 33.2 Å². The number of amides is 1. The molecule has 1 rings (SSSR count). The van der Waals surface area contributed by atoms with Gasteiger partial charge in [-0.05, 0) is 39.3 Å². The first-order chi connectivity index (χ1) is 7.37. The molecule has 1 aromatic rings. The van der Waals surface area contributed by atoms with Crippen LogP contribution in [0.3, 0.4) is 0 Å². The van der Waals surface area contributed by atoms with Crippen LogP contribution in [0, 0.1) is 6.92 Å². The Labute approximate surface area is 96.5 Å². The number of aryl methyl sites for hydroxylation is 1. The summed E-state index contributed by atoms with van der Waals surface area (Å²) in [5.74, 6) is 0.512. The number of anilines is 1. The summed E-state index contributed by atoms with van der Waals surface area (Å²) in [5.41, 5.74) is 1.02. The molecule has 0 atom stereocenters. The Morgan fingerprint density at radius 1 is 1.38 bits per heavy atom. The van der Waals surface area contributed by atoms with E-state index in [0.717, 1.165) is 5.56 Å². The lowest BCUT2D eigenvalue weighted by Gasteiger charge is -2.19. The van der Waals surface area contributed by atoms with E-state index in [2.05, 4.69) is 15.6 Å². The summed E-state index contributed by atoms with van der Waals surface area (Å²) in [6, 6.07) is 3.71. The summed E-state index contributed by atoms with van der Waals surface area (Å²) in [6.45, 7) is 8.30. The molecule has 88 valence electrons. The molecule has 2 N–H and O–H groups in total. The minimum Gasteiger partial charge on any atom is -0.310 e. The van der Waals surface area contributed by atoms with Gasteiger partial charge in [-0.3, -0.25) is 4.79 Å². The largest absolute Gasteiger partial charge is 0.310 e. The average molecular weight is 221 g/mol. The summed E-state index contributed by atoms with van der Waals surface area (Å²) < 4.78 is 0.